The first kappa shape index (κ1) is 27.0. The van der Waals surface area contributed by atoms with E-state index in [2.05, 4.69) is 15.1 Å². The van der Waals surface area contributed by atoms with Gasteiger partial charge in [0.15, 0.2) is 5.82 Å². The van der Waals surface area contributed by atoms with Crippen LogP contribution in [-0.2, 0) is 9.53 Å². The van der Waals surface area contributed by atoms with Gasteiger partial charge in [-0.05, 0) is 55.0 Å². The van der Waals surface area contributed by atoms with E-state index in [-0.39, 0.29) is 18.1 Å². The van der Waals surface area contributed by atoms with E-state index >= 15 is 0 Å². The number of fused-ring (bicyclic) bond motifs is 1. The fourth-order valence-corrected chi connectivity index (χ4v) is 4.91. The van der Waals surface area contributed by atoms with E-state index in [4.69, 9.17) is 26.3 Å². The van der Waals surface area contributed by atoms with Crippen molar-refractivity contribution >= 4 is 39.9 Å². The van der Waals surface area contributed by atoms with Gasteiger partial charge in [-0.15, -0.1) is 0 Å². The molecule has 1 N–H and O–H groups in total. The van der Waals surface area contributed by atoms with Gasteiger partial charge in [-0.2, -0.15) is 0 Å². The molecule has 0 radical (unpaired) electrons. The first-order valence-corrected chi connectivity index (χ1v) is 13.6. The predicted octanol–water partition coefficient (Wildman–Crippen LogP) is 5.65. The highest BCUT2D eigenvalue weighted by Gasteiger charge is 2.19. The number of halogens is 2. The smallest absolute Gasteiger partial charge is 0.226 e. The second-order valence-corrected chi connectivity index (χ2v) is 9.87. The van der Waals surface area contributed by atoms with Crippen molar-refractivity contribution in [1.29, 1.82) is 0 Å². The van der Waals surface area contributed by atoms with Gasteiger partial charge in [0.1, 0.15) is 11.6 Å². The number of amides is 1. The molecule has 1 aromatic heterocycles. The van der Waals surface area contributed by atoms with E-state index in [1.54, 1.807) is 12.1 Å². The molecular formula is C30H31ClFN5O2. The van der Waals surface area contributed by atoms with Gasteiger partial charge in [0.05, 0.1) is 23.8 Å². The Labute approximate surface area is 232 Å². The van der Waals surface area contributed by atoms with Crippen molar-refractivity contribution in [1.82, 2.24) is 14.9 Å². The number of hydrogen-bond donors (Lipinski definition) is 1. The van der Waals surface area contributed by atoms with Crippen molar-refractivity contribution in [2.24, 2.45) is 0 Å². The Morgan fingerprint density at radius 2 is 1.72 bits per heavy atom. The van der Waals surface area contributed by atoms with Crippen LogP contribution in [0, 0.1) is 5.82 Å². The lowest BCUT2D eigenvalue weighted by Crippen LogP contribution is -2.38. The third-order valence-corrected chi connectivity index (χ3v) is 7.07. The van der Waals surface area contributed by atoms with Crippen LogP contribution in [0.3, 0.4) is 0 Å². The first-order chi connectivity index (χ1) is 19.1. The third-order valence-electron chi connectivity index (χ3n) is 6.74. The van der Waals surface area contributed by atoms with Crippen molar-refractivity contribution < 1.29 is 13.9 Å². The Kier molecular flexibility index (Phi) is 8.98. The molecule has 3 aromatic carbocycles. The van der Waals surface area contributed by atoms with Crippen molar-refractivity contribution in [3.8, 4) is 11.4 Å². The van der Waals surface area contributed by atoms with Crippen LogP contribution in [-0.4, -0.2) is 66.7 Å². The van der Waals surface area contributed by atoms with Gasteiger partial charge in [0.2, 0.25) is 5.91 Å². The normalized spacial score (nSPS) is 13.9. The Balaban J connectivity index is 1.41. The number of nitrogens with zero attached hydrogens (tertiary/aromatic N) is 4. The fraction of sp³-hybridized carbons (Fsp3) is 0.300. The molecule has 39 heavy (non-hydrogen) atoms. The van der Waals surface area contributed by atoms with Gasteiger partial charge in [0, 0.05) is 55.8 Å². The SMILES string of the molecule is O=C(CCN(CCCN1CCOCC1)c1nc(-c2ccccc2Cl)nc2ccccc12)Nc1ccc(F)cc1. The average Bonchev–Trinajstić information content (AvgIpc) is 2.96. The molecule has 9 heteroatoms. The Bertz CT molecular complexity index is 1410. The van der Waals surface area contributed by atoms with E-state index in [1.165, 1.54) is 12.1 Å². The minimum Gasteiger partial charge on any atom is -0.379 e. The average molecular weight is 548 g/mol. The number of benzene rings is 3. The van der Waals surface area contributed by atoms with Crippen LogP contribution in [0.25, 0.3) is 22.3 Å². The first-order valence-electron chi connectivity index (χ1n) is 13.2. The van der Waals surface area contributed by atoms with Gasteiger partial charge in [-0.1, -0.05) is 35.9 Å². The minimum absolute atomic E-state index is 0.149. The van der Waals surface area contributed by atoms with Crippen LogP contribution in [0.2, 0.25) is 5.02 Å². The number of nitrogens with one attached hydrogen (secondary N) is 1. The van der Waals surface area contributed by atoms with Crippen LogP contribution in [0.4, 0.5) is 15.9 Å². The molecule has 1 saturated heterocycles. The zero-order valence-electron chi connectivity index (χ0n) is 21.7. The molecule has 0 spiro atoms. The van der Waals surface area contributed by atoms with Crippen molar-refractivity contribution in [3.63, 3.8) is 0 Å². The van der Waals surface area contributed by atoms with Crippen molar-refractivity contribution in [2.75, 3.05) is 56.2 Å². The summed E-state index contributed by atoms with van der Waals surface area (Å²) < 4.78 is 18.8. The largest absolute Gasteiger partial charge is 0.379 e. The second kappa shape index (κ2) is 13.0. The standard InChI is InChI=1S/C30H31ClFN5O2/c31-26-8-3-1-6-24(26)29-34-27-9-4-2-7-25(27)30(35-29)37(16-5-15-36-18-20-39-21-19-36)17-14-28(38)33-23-12-10-22(32)11-13-23/h1-4,6-13H,5,14-21H2,(H,33,38). The monoisotopic (exact) mass is 547 g/mol. The molecule has 1 aliphatic rings. The number of para-hydroxylation sites is 1. The van der Waals surface area contributed by atoms with Crippen molar-refractivity contribution in [3.05, 3.63) is 83.6 Å². The van der Waals surface area contributed by atoms with Crippen LogP contribution >= 0.6 is 11.6 Å². The predicted molar refractivity (Wildman–Crippen MR) is 154 cm³/mol. The number of aromatic nitrogens is 2. The minimum atomic E-state index is -0.343. The van der Waals surface area contributed by atoms with Gasteiger partial charge >= 0.3 is 0 Å². The molecule has 1 aliphatic heterocycles. The highest BCUT2D eigenvalue weighted by atomic mass is 35.5. The quantitative estimate of drug-likeness (QED) is 0.277. The van der Waals surface area contributed by atoms with Gasteiger partial charge in [-0.3, -0.25) is 9.69 Å². The molecule has 1 amide bonds. The van der Waals surface area contributed by atoms with Crippen molar-refractivity contribution in [2.45, 2.75) is 12.8 Å². The number of ether oxygens (including phenoxy) is 1. The molecule has 0 saturated carbocycles. The molecule has 2 heterocycles. The molecule has 7 nitrogen and oxygen atoms in total. The molecule has 0 bridgehead atoms. The summed E-state index contributed by atoms with van der Waals surface area (Å²) in [4.78, 5) is 27.2. The molecule has 4 aromatic rings. The second-order valence-electron chi connectivity index (χ2n) is 9.47. The maximum Gasteiger partial charge on any atom is 0.226 e. The van der Waals surface area contributed by atoms with E-state index < -0.39 is 0 Å². The topological polar surface area (TPSA) is 70.6 Å². The maximum absolute atomic E-state index is 13.3. The molecule has 202 valence electrons. The Morgan fingerprint density at radius 1 is 0.974 bits per heavy atom. The molecule has 1 fully saturated rings. The summed E-state index contributed by atoms with van der Waals surface area (Å²) in [5.74, 6) is 0.823. The number of rotatable bonds is 10. The maximum atomic E-state index is 13.3. The Hall–Kier alpha value is -3.59. The molecule has 0 unspecified atom stereocenters. The van der Waals surface area contributed by atoms with E-state index in [9.17, 15) is 9.18 Å². The summed E-state index contributed by atoms with van der Waals surface area (Å²) in [5.41, 5.74) is 2.13. The highest BCUT2D eigenvalue weighted by Crippen LogP contribution is 2.31. The van der Waals surface area contributed by atoms with E-state index in [0.717, 1.165) is 61.6 Å². The molecular weight excluding hydrogens is 517 g/mol. The lowest BCUT2D eigenvalue weighted by atomic mass is 10.1. The number of carbonyl (C=O) groups is 1. The highest BCUT2D eigenvalue weighted by molar-refractivity contribution is 6.33. The van der Waals surface area contributed by atoms with Crippen LogP contribution in [0.1, 0.15) is 12.8 Å². The molecule has 5 rings (SSSR count). The lowest BCUT2D eigenvalue weighted by Gasteiger charge is -2.29. The lowest BCUT2D eigenvalue weighted by molar-refractivity contribution is -0.116. The number of anilines is 2. The summed E-state index contributed by atoms with van der Waals surface area (Å²) in [7, 11) is 0. The number of carbonyl (C=O) groups excluding carboxylic acids is 1. The fourth-order valence-electron chi connectivity index (χ4n) is 4.69. The van der Waals surface area contributed by atoms with Gasteiger partial charge in [0.25, 0.3) is 0 Å². The summed E-state index contributed by atoms with van der Waals surface area (Å²) in [6.45, 7) is 5.46. The third kappa shape index (κ3) is 7.09. The summed E-state index contributed by atoms with van der Waals surface area (Å²) in [5, 5.41) is 4.36. The summed E-state index contributed by atoms with van der Waals surface area (Å²) in [6, 6.07) is 21.2. The zero-order chi connectivity index (χ0) is 27.0. The van der Waals surface area contributed by atoms with Crippen LogP contribution in [0.15, 0.2) is 72.8 Å². The number of morpholine rings is 1. The van der Waals surface area contributed by atoms with E-state index in [0.29, 0.717) is 29.6 Å². The van der Waals surface area contributed by atoms with E-state index in [1.807, 2.05) is 48.5 Å². The summed E-state index contributed by atoms with van der Waals surface area (Å²) in [6.07, 6.45) is 1.15. The zero-order valence-corrected chi connectivity index (χ0v) is 22.4. The van der Waals surface area contributed by atoms with Gasteiger partial charge in [-0.25, -0.2) is 14.4 Å². The van der Waals surface area contributed by atoms with Crippen LogP contribution < -0.4 is 10.2 Å². The molecule has 0 atom stereocenters. The number of hydrogen-bond acceptors (Lipinski definition) is 6. The summed E-state index contributed by atoms with van der Waals surface area (Å²) >= 11 is 6.52. The Morgan fingerprint density at radius 3 is 2.51 bits per heavy atom. The van der Waals surface area contributed by atoms with Gasteiger partial charge < -0.3 is 15.0 Å². The molecule has 0 aliphatic carbocycles. The van der Waals surface area contributed by atoms with Crippen LogP contribution in [0.5, 0.6) is 0 Å².